The summed E-state index contributed by atoms with van der Waals surface area (Å²) in [6.45, 7) is 0. The number of aromatic nitrogens is 2. The molecule has 0 saturated carbocycles. The molecule has 44 heavy (non-hydrogen) atoms. The molecule has 2 nitrogen and oxygen atoms in total. The van der Waals surface area contributed by atoms with Crippen molar-refractivity contribution in [2.24, 2.45) is 0 Å². The molecule has 2 aliphatic carbocycles. The highest BCUT2D eigenvalue weighted by Crippen LogP contribution is 2.62. The smallest absolute Gasteiger partial charge is 0.218 e. The maximum absolute atomic E-state index is 6.60. The van der Waals surface area contributed by atoms with Crippen LogP contribution in [0.1, 0.15) is 22.3 Å². The van der Waals surface area contributed by atoms with Gasteiger partial charge < -0.3 is 0 Å². The van der Waals surface area contributed by atoms with E-state index in [2.05, 4.69) is 151 Å². The van der Waals surface area contributed by atoms with E-state index in [-0.39, 0.29) is 5.28 Å². The normalized spacial score (nSPS) is 13.3. The topological polar surface area (TPSA) is 25.8 Å². The molecule has 0 aliphatic heterocycles. The standard InChI is InChI=1S/C41H25ClN2/c42-40-43-38(28-20-18-27(19-21-28)26-10-2-1-3-11-26)25-39(44-40)29-22-23-33-32-14-6-9-17-36(32)41(37(33)24-29)34-15-7-4-12-30(34)31-13-5-8-16-35(31)41/h1-25H. The fraction of sp³-hybridized carbons (Fsp3) is 0.0244. The number of benzene rings is 6. The molecule has 2 aliphatic rings. The third-order valence-electron chi connectivity index (χ3n) is 9.28. The first-order valence-electron chi connectivity index (χ1n) is 14.9. The average Bonchev–Trinajstić information content (AvgIpc) is 3.56. The molecular formula is C41H25ClN2. The van der Waals surface area contributed by atoms with E-state index in [1.165, 1.54) is 50.1 Å². The minimum absolute atomic E-state index is 0.236. The second kappa shape index (κ2) is 9.60. The van der Waals surface area contributed by atoms with Gasteiger partial charge in [-0.2, -0.15) is 0 Å². The van der Waals surface area contributed by atoms with Gasteiger partial charge in [-0.15, -0.1) is 0 Å². The molecule has 0 amide bonds. The molecule has 206 valence electrons. The van der Waals surface area contributed by atoms with Gasteiger partial charge in [0.1, 0.15) is 0 Å². The number of hydrogen-bond donors (Lipinski definition) is 0. The highest BCUT2D eigenvalue weighted by Gasteiger charge is 2.51. The quantitative estimate of drug-likeness (QED) is 0.194. The summed E-state index contributed by atoms with van der Waals surface area (Å²) in [4.78, 5) is 9.35. The molecule has 1 spiro atoms. The van der Waals surface area contributed by atoms with Crippen LogP contribution >= 0.6 is 11.6 Å². The predicted molar refractivity (Wildman–Crippen MR) is 180 cm³/mol. The molecule has 9 rings (SSSR count). The molecule has 0 bridgehead atoms. The first kappa shape index (κ1) is 25.2. The summed E-state index contributed by atoms with van der Waals surface area (Å²) in [5.74, 6) is 0. The Kier molecular flexibility index (Phi) is 5.50. The van der Waals surface area contributed by atoms with E-state index in [4.69, 9.17) is 16.6 Å². The molecule has 0 radical (unpaired) electrons. The summed E-state index contributed by atoms with van der Waals surface area (Å²) >= 11 is 6.60. The molecule has 0 N–H and O–H groups in total. The van der Waals surface area contributed by atoms with Gasteiger partial charge in [0.2, 0.25) is 5.28 Å². The monoisotopic (exact) mass is 580 g/mol. The molecule has 3 heteroatoms. The predicted octanol–water partition coefficient (Wildman–Crippen LogP) is 10.5. The van der Waals surface area contributed by atoms with Crippen LogP contribution in [-0.4, -0.2) is 9.97 Å². The summed E-state index contributed by atoms with van der Waals surface area (Å²) in [5.41, 5.74) is 15.9. The summed E-state index contributed by atoms with van der Waals surface area (Å²) < 4.78 is 0. The SMILES string of the molecule is Clc1nc(-c2ccc(-c3ccccc3)cc2)cc(-c2ccc3c(c2)C2(c4ccccc4-c4ccccc42)c2ccccc2-3)n1. The first-order chi connectivity index (χ1) is 21.7. The van der Waals surface area contributed by atoms with Gasteiger partial charge in [-0.1, -0.05) is 140 Å². The van der Waals surface area contributed by atoms with E-state index in [1.807, 2.05) is 6.07 Å². The molecule has 1 heterocycles. The van der Waals surface area contributed by atoms with E-state index >= 15 is 0 Å². The van der Waals surface area contributed by atoms with Crippen LogP contribution in [0.2, 0.25) is 5.28 Å². The first-order valence-corrected chi connectivity index (χ1v) is 15.2. The minimum Gasteiger partial charge on any atom is -0.218 e. The Labute approximate surface area is 261 Å². The van der Waals surface area contributed by atoms with E-state index in [0.717, 1.165) is 28.1 Å². The Hall–Kier alpha value is -5.31. The Morgan fingerprint density at radius 3 is 1.39 bits per heavy atom. The molecule has 0 atom stereocenters. The van der Waals surface area contributed by atoms with Crippen molar-refractivity contribution in [2.75, 3.05) is 0 Å². The lowest BCUT2D eigenvalue weighted by Crippen LogP contribution is -2.25. The Morgan fingerprint density at radius 2 is 0.795 bits per heavy atom. The van der Waals surface area contributed by atoms with Gasteiger partial charge in [-0.05, 0) is 79.4 Å². The maximum Gasteiger partial charge on any atom is 0.223 e. The molecule has 1 aromatic heterocycles. The molecule has 0 unspecified atom stereocenters. The van der Waals surface area contributed by atoms with Crippen molar-refractivity contribution in [2.45, 2.75) is 5.41 Å². The lowest BCUT2D eigenvalue weighted by Gasteiger charge is -2.30. The van der Waals surface area contributed by atoms with E-state index in [9.17, 15) is 0 Å². The second-order valence-corrected chi connectivity index (χ2v) is 11.8. The van der Waals surface area contributed by atoms with Crippen molar-refractivity contribution >= 4 is 11.6 Å². The molecule has 0 saturated heterocycles. The largest absolute Gasteiger partial charge is 0.223 e. The number of fused-ring (bicyclic) bond motifs is 10. The van der Waals surface area contributed by atoms with Crippen molar-refractivity contribution < 1.29 is 0 Å². The minimum atomic E-state index is -0.401. The van der Waals surface area contributed by atoms with Gasteiger partial charge in [0.15, 0.2) is 0 Å². The molecular weight excluding hydrogens is 556 g/mol. The zero-order chi connectivity index (χ0) is 29.3. The van der Waals surface area contributed by atoms with Crippen LogP contribution in [0.5, 0.6) is 0 Å². The number of halogens is 1. The van der Waals surface area contributed by atoms with Crippen LogP contribution in [0.4, 0.5) is 0 Å². The average molecular weight is 581 g/mol. The van der Waals surface area contributed by atoms with Crippen molar-refractivity contribution in [1.29, 1.82) is 0 Å². The lowest BCUT2D eigenvalue weighted by atomic mass is 9.70. The van der Waals surface area contributed by atoms with Crippen LogP contribution in [0, 0.1) is 0 Å². The van der Waals surface area contributed by atoms with Crippen LogP contribution in [0.15, 0.2) is 152 Å². The third-order valence-corrected chi connectivity index (χ3v) is 9.45. The Balaban J connectivity index is 1.22. The van der Waals surface area contributed by atoms with E-state index < -0.39 is 5.41 Å². The highest BCUT2D eigenvalue weighted by atomic mass is 35.5. The number of rotatable bonds is 3. The molecule has 6 aromatic carbocycles. The van der Waals surface area contributed by atoms with Gasteiger partial charge in [0.05, 0.1) is 16.8 Å². The summed E-state index contributed by atoms with van der Waals surface area (Å²) in [5, 5.41) is 0.236. The summed E-state index contributed by atoms with van der Waals surface area (Å²) in [6, 6.07) is 54.2. The van der Waals surface area contributed by atoms with Crippen LogP contribution < -0.4 is 0 Å². The van der Waals surface area contributed by atoms with Crippen LogP contribution in [-0.2, 0) is 5.41 Å². The maximum atomic E-state index is 6.60. The molecule has 7 aromatic rings. The fourth-order valence-electron chi connectivity index (χ4n) is 7.43. The van der Waals surface area contributed by atoms with Gasteiger partial charge in [0, 0.05) is 11.1 Å². The second-order valence-electron chi connectivity index (χ2n) is 11.5. The van der Waals surface area contributed by atoms with Crippen molar-refractivity contribution in [3.8, 4) is 55.9 Å². The zero-order valence-corrected chi connectivity index (χ0v) is 24.5. The van der Waals surface area contributed by atoms with Gasteiger partial charge in [-0.3, -0.25) is 0 Å². The summed E-state index contributed by atoms with van der Waals surface area (Å²) in [6.07, 6.45) is 0. The van der Waals surface area contributed by atoms with Crippen molar-refractivity contribution in [1.82, 2.24) is 9.97 Å². The van der Waals surface area contributed by atoms with Crippen LogP contribution in [0.3, 0.4) is 0 Å². The zero-order valence-electron chi connectivity index (χ0n) is 23.7. The fourth-order valence-corrected chi connectivity index (χ4v) is 7.61. The molecule has 0 fully saturated rings. The van der Waals surface area contributed by atoms with Gasteiger partial charge in [0.25, 0.3) is 0 Å². The Bertz CT molecular complexity index is 2170. The van der Waals surface area contributed by atoms with E-state index in [0.29, 0.717) is 0 Å². The van der Waals surface area contributed by atoms with E-state index in [1.54, 1.807) is 0 Å². The summed E-state index contributed by atoms with van der Waals surface area (Å²) in [7, 11) is 0. The van der Waals surface area contributed by atoms with Crippen molar-refractivity contribution in [3.63, 3.8) is 0 Å². The lowest BCUT2D eigenvalue weighted by molar-refractivity contribution is 0.794. The van der Waals surface area contributed by atoms with Gasteiger partial charge >= 0.3 is 0 Å². The third kappa shape index (κ3) is 3.55. The number of hydrogen-bond acceptors (Lipinski definition) is 2. The van der Waals surface area contributed by atoms with Gasteiger partial charge in [-0.25, -0.2) is 9.97 Å². The number of nitrogens with zero attached hydrogens (tertiary/aromatic N) is 2. The van der Waals surface area contributed by atoms with Crippen molar-refractivity contribution in [3.05, 3.63) is 179 Å². The van der Waals surface area contributed by atoms with Crippen LogP contribution in [0.25, 0.3) is 55.9 Å². The highest BCUT2D eigenvalue weighted by molar-refractivity contribution is 6.28. The Morgan fingerprint density at radius 1 is 0.364 bits per heavy atom.